The van der Waals surface area contributed by atoms with Crippen LogP contribution in [0.25, 0.3) is 0 Å². The van der Waals surface area contributed by atoms with Gasteiger partial charge in [-0.1, -0.05) is 44.2 Å². The molecule has 0 aliphatic carbocycles. The van der Waals surface area contributed by atoms with Crippen LogP contribution in [0.5, 0.6) is 0 Å². The van der Waals surface area contributed by atoms with Crippen LogP contribution in [0.2, 0.25) is 0 Å². The molecule has 0 unspecified atom stereocenters. The van der Waals surface area contributed by atoms with Crippen molar-refractivity contribution >= 4 is 27.6 Å². The lowest BCUT2D eigenvalue weighted by Gasteiger charge is -2.36. The van der Waals surface area contributed by atoms with Crippen molar-refractivity contribution in [2.45, 2.75) is 43.2 Å². The third kappa shape index (κ3) is 3.32. The van der Waals surface area contributed by atoms with Crippen LogP contribution in [0, 0.1) is 0 Å². The van der Waals surface area contributed by atoms with E-state index in [2.05, 4.69) is 19.2 Å². The van der Waals surface area contributed by atoms with Crippen LogP contribution >= 0.6 is 0 Å². The molecule has 29 heavy (non-hydrogen) atoms. The fourth-order valence-corrected chi connectivity index (χ4v) is 5.57. The van der Waals surface area contributed by atoms with Gasteiger partial charge in [-0.25, -0.2) is 18.1 Å². The van der Waals surface area contributed by atoms with Gasteiger partial charge in [0, 0.05) is 6.54 Å². The van der Waals surface area contributed by atoms with E-state index in [-0.39, 0.29) is 11.4 Å². The molecule has 152 valence electrons. The minimum Gasteiger partial charge on any atom is -0.332 e. The number of carbonyl (C=O) groups excluding carboxylic acids is 2. The van der Waals surface area contributed by atoms with E-state index in [9.17, 15) is 18.0 Å². The van der Waals surface area contributed by atoms with Crippen LogP contribution < -0.4 is 10.2 Å². The molecule has 7 nitrogen and oxygen atoms in total. The number of urea groups is 1. The Kier molecular flexibility index (Phi) is 4.92. The zero-order valence-corrected chi connectivity index (χ0v) is 17.1. The summed E-state index contributed by atoms with van der Waals surface area (Å²) in [6.07, 6.45) is 0.397. The lowest BCUT2D eigenvalue weighted by molar-refractivity contribution is -0.122. The summed E-state index contributed by atoms with van der Waals surface area (Å²) in [6.45, 7) is 4.30. The van der Waals surface area contributed by atoms with Gasteiger partial charge >= 0.3 is 6.03 Å². The van der Waals surface area contributed by atoms with Gasteiger partial charge in [-0.2, -0.15) is 4.31 Å². The smallest absolute Gasteiger partial charge is 0.329 e. The van der Waals surface area contributed by atoms with Gasteiger partial charge in [0.1, 0.15) is 6.04 Å². The largest absolute Gasteiger partial charge is 0.332 e. The zero-order valence-electron chi connectivity index (χ0n) is 16.3. The molecular formula is C21H23N3O4S. The van der Waals surface area contributed by atoms with Crippen molar-refractivity contribution in [1.82, 2.24) is 9.62 Å². The number of imide groups is 1. The number of rotatable bonds is 4. The van der Waals surface area contributed by atoms with E-state index in [1.54, 1.807) is 30.3 Å². The van der Waals surface area contributed by atoms with Crippen LogP contribution in [0.1, 0.15) is 31.7 Å². The summed E-state index contributed by atoms with van der Waals surface area (Å²) in [5.41, 5.74) is 1.52. The number of nitrogens with one attached hydrogen (secondary N) is 1. The second kappa shape index (κ2) is 7.27. The van der Waals surface area contributed by atoms with E-state index in [0.717, 1.165) is 10.5 Å². The average molecular weight is 413 g/mol. The fraction of sp³-hybridized carbons (Fsp3) is 0.333. The summed E-state index contributed by atoms with van der Waals surface area (Å²) in [6, 6.07) is 13.2. The lowest BCUT2D eigenvalue weighted by Crippen LogP contribution is -2.64. The van der Waals surface area contributed by atoms with Crippen molar-refractivity contribution < 1.29 is 18.0 Å². The molecule has 2 fully saturated rings. The number of carbonyl (C=O) groups is 2. The molecule has 2 aromatic rings. The molecule has 2 aliphatic heterocycles. The van der Waals surface area contributed by atoms with Crippen LogP contribution in [-0.2, 0) is 14.8 Å². The molecule has 2 atom stereocenters. The van der Waals surface area contributed by atoms with Crippen molar-refractivity contribution in [3.8, 4) is 0 Å². The number of amides is 3. The molecule has 0 radical (unpaired) electrons. The minimum absolute atomic E-state index is 0.137. The summed E-state index contributed by atoms with van der Waals surface area (Å²) in [4.78, 5) is 27.1. The van der Waals surface area contributed by atoms with Gasteiger partial charge < -0.3 is 5.32 Å². The van der Waals surface area contributed by atoms with E-state index < -0.39 is 34.0 Å². The highest BCUT2D eigenvalue weighted by atomic mass is 32.2. The van der Waals surface area contributed by atoms with Gasteiger partial charge in [0.15, 0.2) is 0 Å². The van der Waals surface area contributed by atoms with Crippen molar-refractivity contribution in [3.63, 3.8) is 0 Å². The van der Waals surface area contributed by atoms with Crippen LogP contribution in [0.3, 0.4) is 0 Å². The first-order valence-corrected chi connectivity index (χ1v) is 11.1. The molecule has 0 spiro atoms. The highest BCUT2D eigenvalue weighted by Crippen LogP contribution is 2.32. The van der Waals surface area contributed by atoms with Crippen molar-refractivity contribution in [2.75, 3.05) is 11.4 Å². The molecule has 0 bridgehead atoms. The monoisotopic (exact) mass is 413 g/mol. The second-order valence-corrected chi connectivity index (χ2v) is 9.53. The molecule has 2 aliphatic rings. The standard InChI is InChI=1S/C21H23N3O4S/c1-14(2)15-8-10-16(11-9-15)24-20(25)19-18(22-21(24)26)12-13-23(19)29(27,28)17-6-4-3-5-7-17/h3-11,14,18-19H,12-13H2,1-2H3,(H,22,26)/t18-,19+/m1/s1. The van der Waals surface area contributed by atoms with Gasteiger partial charge in [-0.05, 0) is 42.2 Å². The number of anilines is 1. The SMILES string of the molecule is CC(C)c1ccc(N2C(=O)N[C@@H]3CCN(S(=O)(=O)c4ccccc4)[C@@H]3C2=O)cc1. The molecule has 1 N–H and O–H groups in total. The topological polar surface area (TPSA) is 86.8 Å². The quantitative estimate of drug-likeness (QED) is 0.835. The maximum absolute atomic E-state index is 13.3. The predicted octanol–water partition coefficient (Wildman–Crippen LogP) is 2.70. The first kappa shape index (κ1) is 19.6. The number of hydrogen-bond donors (Lipinski definition) is 1. The Morgan fingerprint density at radius 2 is 1.66 bits per heavy atom. The van der Waals surface area contributed by atoms with Crippen LogP contribution in [0.4, 0.5) is 10.5 Å². The number of hydrogen-bond acceptors (Lipinski definition) is 4. The highest BCUT2D eigenvalue weighted by Gasteiger charge is 2.52. The Morgan fingerprint density at radius 1 is 1.00 bits per heavy atom. The number of fused-ring (bicyclic) bond motifs is 1. The van der Waals surface area contributed by atoms with E-state index in [4.69, 9.17) is 0 Å². The Labute approximate surface area is 170 Å². The van der Waals surface area contributed by atoms with Gasteiger partial charge in [-0.3, -0.25) is 4.79 Å². The number of benzene rings is 2. The second-order valence-electron chi connectivity index (χ2n) is 7.64. The molecule has 4 rings (SSSR count). The Bertz CT molecular complexity index is 1040. The maximum atomic E-state index is 13.3. The average Bonchev–Trinajstić information content (AvgIpc) is 3.14. The lowest BCUT2D eigenvalue weighted by atomic mass is 10.0. The normalized spacial score (nSPS) is 22.7. The van der Waals surface area contributed by atoms with Gasteiger partial charge in [0.2, 0.25) is 10.0 Å². The van der Waals surface area contributed by atoms with E-state index in [1.807, 2.05) is 12.1 Å². The molecule has 2 heterocycles. The summed E-state index contributed by atoms with van der Waals surface area (Å²) in [5.74, 6) is -0.200. The highest BCUT2D eigenvalue weighted by molar-refractivity contribution is 7.89. The molecule has 2 aromatic carbocycles. The Balaban J connectivity index is 1.67. The number of nitrogens with zero attached hydrogens (tertiary/aromatic N) is 2. The van der Waals surface area contributed by atoms with E-state index in [0.29, 0.717) is 18.0 Å². The van der Waals surface area contributed by atoms with Gasteiger partial charge in [0.25, 0.3) is 5.91 Å². The first-order valence-electron chi connectivity index (χ1n) is 9.62. The minimum atomic E-state index is -3.85. The molecule has 0 saturated carbocycles. The summed E-state index contributed by atoms with van der Waals surface area (Å²) < 4.78 is 27.5. The zero-order chi connectivity index (χ0) is 20.8. The van der Waals surface area contributed by atoms with Crippen molar-refractivity contribution in [2.24, 2.45) is 0 Å². The third-order valence-electron chi connectivity index (χ3n) is 5.50. The fourth-order valence-electron chi connectivity index (χ4n) is 3.92. The van der Waals surface area contributed by atoms with Crippen LogP contribution in [-0.4, -0.2) is 43.3 Å². The Hall–Kier alpha value is -2.71. The molecule has 8 heteroatoms. The van der Waals surface area contributed by atoms with Gasteiger partial charge in [-0.15, -0.1) is 0 Å². The summed E-state index contributed by atoms with van der Waals surface area (Å²) in [7, 11) is -3.85. The van der Waals surface area contributed by atoms with Gasteiger partial charge in [0.05, 0.1) is 16.6 Å². The van der Waals surface area contributed by atoms with Crippen molar-refractivity contribution in [3.05, 3.63) is 60.2 Å². The number of sulfonamides is 1. The Morgan fingerprint density at radius 3 is 2.28 bits per heavy atom. The summed E-state index contributed by atoms with van der Waals surface area (Å²) in [5, 5.41) is 2.81. The van der Waals surface area contributed by atoms with E-state index in [1.165, 1.54) is 16.4 Å². The van der Waals surface area contributed by atoms with Crippen molar-refractivity contribution in [1.29, 1.82) is 0 Å². The molecule has 0 aromatic heterocycles. The maximum Gasteiger partial charge on any atom is 0.329 e. The predicted molar refractivity (Wildman–Crippen MR) is 109 cm³/mol. The molecular weight excluding hydrogens is 390 g/mol. The molecule has 3 amide bonds. The first-order chi connectivity index (χ1) is 13.8. The third-order valence-corrected chi connectivity index (χ3v) is 7.40. The summed E-state index contributed by atoms with van der Waals surface area (Å²) >= 11 is 0. The van der Waals surface area contributed by atoms with Crippen LogP contribution in [0.15, 0.2) is 59.5 Å². The molecule has 2 saturated heterocycles. The van der Waals surface area contributed by atoms with E-state index >= 15 is 0 Å².